The van der Waals surface area contributed by atoms with E-state index < -0.39 is 0 Å². The maximum atomic E-state index is 6.36. The predicted octanol–water partition coefficient (Wildman–Crippen LogP) is 3.86. The summed E-state index contributed by atoms with van der Waals surface area (Å²) in [6, 6.07) is 3.52. The van der Waals surface area contributed by atoms with E-state index in [-0.39, 0.29) is 11.8 Å². The molecule has 1 aromatic heterocycles. The topological polar surface area (TPSA) is 70.5 Å². The van der Waals surface area contributed by atoms with E-state index in [1.807, 2.05) is 6.07 Å². The molecule has 0 saturated heterocycles. The van der Waals surface area contributed by atoms with E-state index in [0.717, 1.165) is 17.5 Å². The van der Waals surface area contributed by atoms with Crippen LogP contribution in [-0.4, -0.2) is 18.4 Å². The zero-order valence-corrected chi connectivity index (χ0v) is 12.7. The van der Waals surface area contributed by atoms with Crippen LogP contribution in [0.5, 0.6) is 11.5 Å². The van der Waals surface area contributed by atoms with Crippen LogP contribution in [0.1, 0.15) is 31.7 Å². The molecule has 1 aromatic carbocycles. The highest BCUT2D eigenvalue weighted by Gasteiger charge is 2.25. The van der Waals surface area contributed by atoms with E-state index in [1.54, 1.807) is 6.07 Å². The number of fused-ring (bicyclic) bond motifs is 1. The first-order valence-corrected chi connectivity index (χ1v) is 7.30. The van der Waals surface area contributed by atoms with E-state index in [2.05, 4.69) is 19.0 Å². The Morgan fingerprint density at radius 3 is 2.52 bits per heavy atom. The summed E-state index contributed by atoms with van der Waals surface area (Å²) in [4.78, 5) is 0. The Kier molecular flexibility index (Phi) is 3.68. The molecular formula is C15H17ClN2O3. The van der Waals surface area contributed by atoms with E-state index in [0.29, 0.717) is 35.4 Å². The Bertz CT molecular complexity index is 667. The Balaban J connectivity index is 2.25. The molecule has 112 valence electrons. The van der Waals surface area contributed by atoms with Crippen molar-refractivity contribution in [2.75, 3.05) is 18.9 Å². The average Bonchev–Trinajstić information content (AvgIpc) is 2.72. The van der Waals surface area contributed by atoms with Gasteiger partial charge in [0.2, 0.25) is 5.88 Å². The zero-order chi connectivity index (χ0) is 15.0. The smallest absolute Gasteiger partial charge is 0.222 e. The third-order valence-electron chi connectivity index (χ3n) is 3.39. The second kappa shape index (κ2) is 5.48. The SMILES string of the molecule is CC(C)c1c(-c2cc(N)on2)cc(Cl)c2c1OCCCO2. The third kappa shape index (κ3) is 2.53. The molecule has 6 heteroatoms. The van der Waals surface area contributed by atoms with Crippen molar-refractivity contribution in [3.05, 3.63) is 22.7 Å². The average molecular weight is 309 g/mol. The van der Waals surface area contributed by atoms with Crippen LogP contribution in [0.2, 0.25) is 5.02 Å². The number of benzene rings is 1. The monoisotopic (exact) mass is 308 g/mol. The molecule has 2 heterocycles. The fraction of sp³-hybridized carbons (Fsp3) is 0.400. The number of hydrogen-bond donors (Lipinski definition) is 1. The van der Waals surface area contributed by atoms with E-state index >= 15 is 0 Å². The number of nitrogens with zero attached hydrogens (tertiary/aromatic N) is 1. The van der Waals surface area contributed by atoms with Gasteiger partial charge in [-0.25, -0.2) is 0 Å². The maximum Gasteiger partial charge on any atom is 0.222 e. The van der Waals surface area contributed by atoms with E-state index in [9.17, 15) is 0 Å². The van der Waals surface area contributed by atoms with Crippen molar-refractivity contribution in [2.45, 2.75) is 26.2 Å². The van der Waals surface area contributed by atoms with Gasteiger partial charge in [0, 0.05) is 23.6 Å². The normalized spacial score (nSPS) is 14.3. The van der Waals surface area contributed by atoms with Crippen molar-refractivity contribution in [3.63, 3.8) is 0 Å². The molecule has 3 rings (SSSR count). The van der Waals surface area contributed by atoms with Crippen LogP contribution in [-0.2, 0) is 0 Å². The van der Waals surface area contributed by atoms with Crippen LogP contribution in [0.25, 0.3) is 11.3 Å². The molecular weight excluding hydrogens is 292 g/mol. The lowest BCUT2D eigenvalue weighted by Crippen LogP contribution is -2.02. The van der Waals surface area contributed by atoms with Crippen molar-refractivity contribution in [1.29, 1.82) is 0 Å². The minimum absolute atomic E-state index is 0.214. The third-order valence-corrected chi connectivity index (χ3v) is 3.67. The number of halogens is 1. The van der Waals surface area contributed by atoms with Gasteiger partial charge < -0.3 is 19.7 Å². The van der Waals surface area contributed by atoms with Crippen LogP contribution in [0, 0.1) is 0 Å². The molecule has 2 N–H and O–H groups in total. The minimum atomic E-state index is 0.214. The van der Waals surface area contributed by atoms with Crippen LogP contribution in [0.4, 0.5) is 5.88 Å². The van der Waals surface area contributed by atoms with Gasteiger partial charge in [0.1, 0.15) is 5.69 Å². The van der Waals surface area contributed by atoms with Gasteiger partial charge >= 0.3 is 0 Å². The molecule has 21 heavy (non-hydrogen) atoms. The number of anilines is 1. The van der Waals surface area contributed by atoms with Crippen molar-refractivity contribution < 1.29 is 14.0 Å². The molecule has 0 unspecified atom stereocenters. The summed E-state index contributed by atoms with van der Waals surface area (Å²) < 4.78 is 16.6. The molecule has 0 bridgehead atoms. The minimum Gasteiger partial charge on any atom is -0.489 e. The number of nitrogen functional groups attached to an aromatic ring is 1. The van der Waals surface area contributed by atoms with Crippen LogP contribution in [0.3, 0.4) is 0 Å². The van der Waals surface area contributed by atoms with Gasteiger partial charge in [-0.05, 0) is 12.0 Å². The molecule has 0 fully saturated rings. The number of nitrogens with two attached hydrogens (primary N) is 1. The summed E-state index contributed by atoms with van der Waals surface area (Å²) in [5, 5.41) is 4.49. The predicted molar refractivity (Wildman–Crippen MR) is 81.1 cm³/mol. The lowest BCUT2D eigenvalue weighted by molar-refractivity contribution is 0.296. The highest BCUT2D eigenvalue weighted by molar-refractivity contribution is 6.32. The standard InChI is InChI=1S/C15H17ClN2O3/c1-8(2)13-9(11-7-12(17)21-18-11)6-10(16)14-15(13)20-5-3-4-19-14/h6-8H,3-5,17H2,1-2H3. The highest BCUT2D eigenvalue weighted by Crippen LogP contribution is 2.47. The summed E-state index contributed by atoms with van der Waals surface area (Å²) >= 11 is 6.36. The Labute approximate surface area is 128 Å². The summed E-state index contributed by atoms with van der Waals surface area (Å²) in [5.41, 5.74) is 8.14. The molecule has 1 aliphatic rings. The van der Waals surface area contributed by atoms with Crippen LogP contribution >= 0.6 is 11.6 Å². The Morgan fingerprint density at radius 1 is 1.19 bits per heavy atom. The lowest BCUT2D eigenvalue weighted by atomic mass is 9.93. The lowest BCUT2D eigenvalue weighted by Gasteiger charge is -2.19. The summed E-state index contributed by atoms with van der Waals surface area (Å²) in [7, 11) is 0. The fourth-order valence-electron chi connectivity index (χ4n) is 2.51. The fourth-order valence-corrected chi connectivity index (χ4v) is 2.76. The first-order valence-electron chi connectivity index (χ1n) is 6.92. The molecule has 5 nitrogen and oxygen atoms in total. The molecule has 2 aromatic rings. The first kappa shape index (κ1) is 14.1. The second-order valence-electron chi connectivity index (χ2n) is 5.30. The zero-order valence-electron chi connectivity index (χ0n) is 12.0. The summed E-state index contributed by atoms with van der Waals surface area (Å²) in [6.45, 7) is 5.38. The van der Waals surface area contributed by atoms with Gasteiger partial charge in [0.25, 0.3) is 0 Å². The number of rotatable bonds is 2. The summed E-state index contributed by atoms with van der Waals surface area (Å²) in [6.07, 6.45) is 0.828. The number of ether oxygens (including phenoxy) is 2. The van der Waals surface area contributed by atoms with Gasteiger partial charge in [-0.1, -0.05) is 30.6 Å². The molecule has 0 aliphatic carbocycles. The first-order chi connectivity index (χ1) is 10.1. The molecule has 1 aliphatic heterocycles. The van der Waals surface area contributed by atoms with Gasteiger partial charge in [-0.2, -0.15) is 0 Å². The molecule has 0 radical (unpaired) electrons. The van der Waals surface area contributed by atoms with Crippen molar-refractivity contribution in [1.82, 2.24) is 5.16 Å². The Morgan fingerprint density at radius 2 is 1.90 bits per heavy atom. The summed E-state index contributed by atoms with van der Waals surface area (Å²) in [5.74, 6) is 1.79. The molecule has 0 saturated carbocycles. The van der Waals surface area contributed by atoms with Crippen molar-refractivity contribution in [3.8, 4) is 22.8 Å². The van der Waals surface area contributed by atoms with E-state index in [1.165, 1.54) is 0 Å². The largest absolute Gasteiger partial charge is 0.489 e. The van der Waals surface area contributed by atoms with Crippen molar-refractivity contribution in [2.24, 2.45) is 0 Å². The molecule has 0 spiro atoms. The van der Waals surface area contributed by atoms with Crippen molar-refractivity contribution >= 4 is 17.5 Å². The quantitative estimate of drug-likeness (QED) is 0.912. The van der Waals surface area contributed by atoms with Gasteiger partial charge in [0.15, 0.2) is 11.5 Å². The second-order valence-corrected chi connectivity index (χ2v) is 5.70. The number of hydrogen-bond acceptors (Lipinski definition) is 5. The maximum absolute atomic E-state index is 6.36. The number of aromatic nitrogens is 1. The molecule has 0 amide bonds. The van der Waals surface area contributed by atoms with Crippen LogP contribution < -0.4 is 15.2 Å². The highest BCUT2D eigenvalue weighted by atomic mass is 35.5. The Hall–Kier alpha value is -1.88. The van der Waals surface area contributed by atoms with Crippen LogP contribution in [0.15, 0.2) is 16.7 Å². The van der Waals surface area contributed by atoms with E-state index in [4.69, 9.17) is 31.3 Å². The van der Waals surface area contributed by atoms with Gasteiger partial charge in [-0.3, -0.25) is 0 Å². The molecule has 0 atom stereocenters. The van der Waals surface area contributed by atoms with Gasteiger partial charge in [0.05, 0.1) is 18.2 Å². The van der Waals surface area contributed by atoms with Gasteiger partial charge in [-0.15, -0.1) is 0 Å².